The van der Waals surface area contributed by atoms with E-state index >= 15 is 0 Å². The summed E-state index contributed by atoms with van der Waals surface area (Å²) in [6.07, 6.45) is 2.39. The summed E-state index contributed by atoms with van der Waals surface area (Å²) >= 11 is 3.51. The largest absolute Gasteiger partial charge is 0.496 e. The third-order valence-corrected chi connectivity index (χ3v) is 3.32. The highest BCUT2D eigenvalue weighted by molar-refractivity contribution is 9.10. The molecule has 1 aromatic rings. The maximum Gasteiger partial charge on any atom is 0.133 e. The summed E-state index contributed by atoms with van der Waals surface area (Å²) in [4.78, 5) is 2.29. The number of methoxy groups -OCH3 is 1. The Morgan fingerprint density at radius 3 is 2.93 bits per heavy atom. The lowest BCUT2D eigenvalue weighted by Crippen LogP contribution is -2.24. The summed E-state index contributed by atoms with van der Waals surface area (Å²) in [7, 11) is 3.84. The molecule has 1 aromatic carbocycles. The van der Waals surface area contributed by atoms with Crippen LogP contribution in [0.15, 0.2) is 16.6 Å². The zero-order valence-electron chi connectivity index (χ0n) is 8.51. The molecule has 0 unspecified atom stereocenters. The Morgan fingerprint density at radius 2 is 2.21 bits per heavy atom. The van der Waals surface area contributed by atoms with Crippen molar-refractivity contribution in [2.75, 3.05) is 25.6 Å². The van der Waals surface area contributed by atoms with Gasteiger partial charge < -0.3 is 9.64 Å². The zero-order valence-corrected chi connectivity index (χ0v) is 10.1. The number of fused-ring (bicyclic) bond motifs is 1. The van der Waals surface area contributed by atoms with Crippen LogP contribution in [-0.4, -0.2) is 20.7 Å². The van der Waals surface area contributed by atoms with Gasteiger partial charge in [0, 0.05) is 19.3 Å². The number of nitrogens with zero attached hydrogens (tertiary/aromatic N) is 1. The quantitative estimate of drug-likeness (QED) is 0.766. The van der Waals surface area contributed by atoms with Gasteiger partial charge in [0.1, 0.15) is 5.75 Å². The molecule has 1 heterocycles. The van der Waals surface area contributed by atoms with Crippen molar-refractivity contribution >= 4 is 21.6 Å². The first-order chi connectivity index (χ1) is 6.72. The first kappa shape index (κ1) is 9.84. The Balaban J connectivity index is 2.48. The van der Waals surface area contributed by atoms with Gasteiger partial charge in [0.25, 0.3) is 0 Å². The summed E-state index contributed by atoms with van der Waals surface area (Å²) in [5.74, 6) is 0.930. The molecule has 0 amide bonds. The molecule has 0 fully saturated rings. The molecular formula is C11H14BrNO. The Labute approximate surface area is 93.0 Å². The van der Waals surface area contributed by atoms with E-state index in [1.54, 1.807) is 7.11 Å². The second kappa shape index (κ2) is 3.81. The van der Waals surface area contributed by atoms with Crippen molar-refractivity contribution in [2.45, 2.75) is 12.8 Å². The Bertz CT molecular complexity index is 351. The predicted octanol–water partition coefficient (Wildman–Crippen LogP) is 2.84. The third kappa shape index (κ3) is 1.61. The van der Waals surface area contributed by atoms with Gasteiger partial charge in [-0.3, -0.25) is 0 Å². The number of aryl methyl sites for hydroxylation is 1. The molecule has 0 N–H and O–H groups in total. The van der Waals surface area contributed by atoms with Gasteiger partial charge in [-0.25, -0.2) is 0 Å². The van der Waals surface area contributed by atoms with Crippen molar-refractivity contribution in [2.24, 2.45) is 0 Å². The lowest BCUT2D eigenvalue weighted by molar-refractivity contribution is 0.411. The zero-order chi connectivity index (χ0) is 10.1. The topological polar surface area (TPSA) is 12.5 Å². The van der Waals surface area contributed by atoms with Gasteiger partial charge in [0.2, 0.25) is 0 Å². The number of hydrogen-bond donors (Lipinski definition) is 0. The van der Waals surface area contributed by atoms with Crippen LogP contribution in [0.3, 0.4) is 0 Å². The second-order valence-corrected chi connectivity index (χ2v) is 4.49. The third-order valence-electron chi connectivity index (χ3n) is 2.70. The summed E-state index contributed by atoms with van der Waals surface area (Å²) in [6, 6.07) is 4.28. The molecule has 76 valence electrons. The van der Waals surface area contributed by atoms with Gasteiger partial charge in [0.15, 0.2) is 0 Å². The van der Waals surface area contributed by atoms with Crippen molar-refractivity contribution in [3.8, 4) is 5.75 Å². The number of anilines is 1. The van der Waals surface area contributed by atoms with Crippen LogP contribution in [0, 0.1) is 0 Å². The van der Waals surface area contributed by atoms with E-state index in [9.17, 15) is 0 Å². The van der Waals surface area contributed by atoms with E-state index in [1.807, 2.05) is 0 Å². The first-order valence-corrected chi connectivity index (χ1v) is 5.59. The van der Waals surface area contributed by atoms with Crippen LogP contribution in [0.1, 0.15) is 12.0 Å². The number of hydrogen-bond acceptors (Lipinski definition) is 2. The highest BCUT2D eigenvalue weighted by Gasteiger charge is 2.15. The summed E-state index contributed by atoms with van der Waals surface area (Å²) in [6.45, 7) is 1.14. The van der Waals surface area contributed by atoms with Crippen molar-refractivity contribution in [3.63, 3.8) is 0 Å². The SMILES string of the molecule is COc1cc2c(cc1Br)N(C)CCC2. The van der Waals surface area contributed by atoms with Crippen LogP contribution >= 0.6 is 15.9 Å². The van der Waals surface area contributed by atoms with E-state index in [-0.39, 0.29) is 0 Å². The van der Waals surface area contributed by atoms with Crippen molar-refractivity contribution in [1.82, 2.24) is 0 Å². The van der Waals surface area contributed by atoms with Gasteiger partial charge in [-0.2, -0.15) is 0 Å². The number of ether oxygens (including phenoxy) is 1. The van der Waals surface area contributed by atoms with E-state index in [0.717, 1.165) is 23.2 Å². The molecule has 0 bridgehead atoms. The molecule has 1 aliphatic heterocycles. The molecule has 0 aromatic heterocycles. The fraction of sp³-hybridized carbons (Fsp3) is 0.455. The van der Waals surface area contributed by atoms with Crippen LogP contribution in [-0.2, 0) is 6.42 Å². The molecule has 0 radical (unpaired) electrons. The van der Waals surface area contributed by atoms with E-state index in [4.69, 9.17) is 4.74 Å². The van der Waals surface area contributed by atoms with Gasteiger partial charge in [-0.05, 0) is 46.5 Å². The predicted molar refractivity (Wildman–Crippen MR) is 62.3 cm³/mol. The number of rotatable bonds is 1. The fourth-order valence-corrected chi connectivity index (χ4v) is 2.42. The van der Waals surface area contributed by atoms with Gasteiger partial charge in [-0.15, -0.1) is 0 Å². The monoisotopic (exact) mass is 255 g/mol. The summed E-state index contributed by atoms with van der Waals surface area (Å²) in [5, 5.41) is 0. The molecule has 0 saturated carbocycles. The van der Waals surface area contributed by atoms with Crippen LogP contribution in [0.5, 0.6) is 5.75 Å². The fourth-order valence-electron chi connectivity index (χ4n) is 1.92. The summed E-state index contributed by atoms with van der Waals surface area (Å²) < 4.78 is 6.32. The van der Waals surface area contributed by atoms with Crippen LogP contribution < -0.4 is 9.64 Å². The van der Waals surface area contributed by atoms with Crippen molar-refractivity contribution in [3.05, 3.63) is 22.2 Å². The second-order valence-electron chi connectivity index (χ2n) is 3.64. The minimum Gasteiger partial charge on any atom is -0.496 e. The standard InChI is InChI=1S/C11H14BrNO/c1-13-5-3-4-8-6-11(14-2)9(12)7-10(8)13/h6-7H,3-5H2,1-2H3. The van der Waals surface area contributed by atoms with Crippen LogP contribution in [0.4, 0.5) is 5.69 Å². The number of halogens is 1. The highest BCUT2D eigenvalue weighted by atomic mass is 79.9. The molecule has 2 nitrogen and oxygen atoms in total. The average Bonchev–Trinajstić information content (AvgIpc) is 2.19. The lowest BCUT2D eigenvalue weighted by Gasteiger charge is -2.28. The van der Waals surface area contributed by atoms with Crippen molar-refractivity contribution in [1.29, 1.82) is 0 Å². The van der Waals surface area contributed by atoms with Gasteiger partial charge in [-0.1, -0.05) is 0 Å². The molecule has 0 saturated heterocycles. The Morgan fingerprint density at radius 1 is 1.43 bits per heavy atom. The van der Waals surface area contributed by atoms with E-state index in [1.165, 1.54) is 17.7 Å². The average molecular weight is 256 g/mol. The van der Waals surface area contributed by atoms with Crippen LogP contribution in [0.2, 0.25) is 0 Å². The lowest BCUT2D eigenvalue weighted by atomic mass is 10.0. The van der Waals surface area contributed by atoms with E-state index < -0.39 is 0 Å². The molecule has 1 aliphatic rings. The maximum absolute atomic E-state index is 5.28. The minimum absolute atomic E-state index is 0.930. The molecular weight excluding hydrogens is 242 g/mol. The molecule has 2 rings (SSSR count). The normalized spacial score (nSPS) is 15.2. The molecule has 0 spiro atoms. The maximum atomic E-state index is 5.28. The molecule has 0 aliphatic carbocycles. The minimum atomic E-state index is 0.930. The smallest absolute Gasteiger partial charge is 0.133 e. The summed E-state index contributed by atoms with van der Waals surface area (Å²) in [5.41, 5.74) is 2.71. The van der Waals surface area contributed by atoms with E-state index in [2.05, 4.69) is 40.0 Å². The number of benzene rings is 1. The van der Waals surface area contributed by atoms with Crippen molar-refractivity contribution < 1.29 is 4.74 Å². The Hall–Kier alpha value is -0.700. The van der Waals surface area contributed by atoms with Gasteiger partial charge in [0.05, 0.1) is 11.6 Å². The van der Waals surface area contributed by atoms with E-state index in [0.29, 0.717) is 0 Å². The molecule has 3 heteroatoms. The Kier molecular flexibility index (Phi) is 2.68. The van der Waals surface area contributed by atoms with Crippen LogP contribution in [0.25, 0.3) is 0 Å². The van der Waals surface area contributed by atoms with Gasteiger partial charge >= 0.3 is 0 Å². The molecule has 14 heavy (non-hydrogen) atoms. The highest BCUT2D eigenvalue weighted by Crippen LogP contribution is 2.35. The first-order valence-electron chi connectivity index (χ1n) is 4.80. The molecule has 0 atom stereocenters.